The molecule has 0 amide bonds. The van der Waals surface area contributed by atoms with Crippen molar-refractivity contribution >= 4 is 23.2 Å². The van der Waals surface area contributed by atoms with Crippen molar-refractivity contribution in [2.75, 3.05) is 0 Å². The molecule has 0 saturated heterocycles. The minimum atomic E-state index is -0.0205. The van der Waals surface area contributed by atoms with E-state index in [4.69, 9.17) is 23.2 Å². The highest BCUT2D eigenvalue weighted by atomic mass is 35.5. The second kappa shape index (κ2) is 5.63. The number of imidazole rings is 1. The van der Waals surface area contributed by atoms with Crippen molar-refractivity contribution in [1.82, 2.24) is 9.13 Å². The molecule has 2 aromatic rings. The molecule has 0 unspecified atom stereocenters. The van der Waals surface area contributed by atoms with Gasteiger partial charge in [-0.1, -0.05) is 30.1 Å². The fraction of sp³-hybridized carbons (Fsp3) is 0.308. The minimum absolute atomic E-state index is 0.0205. The first-order valence-corrected chi connectivity index (χ1v) is 6.57. The van der Waals surface area contributed by atoms with Gasteiger partial charge in [0, 0.05) is 29.0 Å². The average Bonchev–Trinajstić information content (AvgIpc) is 2.67. The van der Waals surface area contributed by atoms with Gasteiger partial charge in [0.1, 0.15) is 0 Å². The van der Waals surface area contributed by atoms with Gasteiger partial charge < -0.3 is 0 Å². The van der Waals surface area contributed by atoms with Crippen molar-refractivity contribution in [3.63, 3.8) is 0 Å². The highest BCUT2D eigenvalue weighted by Crippen LogP contribution is 2.21. The predicted molar refractivity (Wildman–Crippen MR) is 74.5 cm³/mol. The van der Waals surface area contributed by atoms with Crippen LogP contribution < -0.4 is 5.69 Å². The highest BCUT2D eigenvalue weighted by Gasteiger charge is 2.06. The van der Waals surface area contributed by atoms with Crippen molar-refractivity contribution in [3.05, 3.63) is 56.7 Å². The summed E-state index contributed by atoms with van der Waals surface area (Å²) >= 11 is 12.0. The van der Waals surface area contributed by atoms with Crippen LogP contribution >= 0.6 is 23.2 Å². The van der Waals surface area contributed by atoms with E-state index in [2.05, 4.69) is 0 Å². The summed E-state index contributed by atoms with van der Waals surface area (Å²) in [5.74, 6) is 0. The van der Waals surface area contributed by atoms with Crippen LogP contribution in [-0.4, -0.2) is 9.13 Å². The van der Waals surface area contributed by atoms with Crippen LogP contribution in [0, 0.1) is 0 Å². The van der Waals surface area contributed by atoms with Gasteiger partial charge in [0.2, 0.25) is 0 Å². The van der Waals surface area contributed by atoms with Crippen LogP contribution in [-0.2, 0) is 13.1 Å². The van der Waals surface area contributed by atoms with Crippen molar-refractivity contribution in [1.29, 1.82) is 0 Å². The summed E-state index contributed by atoms with van der Waals surface area (Å²) in [6.07, 6.45) is 4.50. The van der Waals surface area contributed by atoms with Crippen LogP contribution in [0.25, 0.3) is 0 Å². The number of nitrogens with zero attached hydrogens (tertiary/aromatic N) is 2. The molecule has 1 aromatic carbocycles. The molecule has 0 aliphatic rings. The Hall–Kier alpha value is -1.19. The molecule has 0 fully saturated rings. The van der Waals surface area contributed by atoms with Gasteiger partial charge in [-0.05, 0) is 30.2 Å². The van der Waals surface area contributed by atoms with E-state index in [1.54, 1.807) is 39.7 Å². The van der Waals surface area contributed by atoms with Gasteiger partial charge >= 0.3 is 5.69 Å². The Morgan fingerprint density at radius 3 is 2.61 bits per heavy atom. The number of hydrogen-bond acceptors (Lipinski definition) is 1. The Kier molecular flexibility index (Phi) is 4.15. The summed E-state index contributed by atoms with van der Waals surface area (Å²) in [7, 11) is 0. The smallest absolute Gasteiger partial charge is 0.299 e. The standard InChI is InChI=1S/C13H14Cl2N2O/c1-2-5-16-6-7-17(13(16)18)9-10-8-11(14)3-4-12(10)15/h3-4,6-8H,2,5,9H2,1H3. The van der Waals surface area contributed by atoms with Gasteiger partial charge in [-0.25, -0.2) is 4.79 Å². The maximum Gasteiger partial charge on any atom is 0.328 e. The molecule has 0 aliphatic carbocycles. The van der Waals surface area contributed by atoms with Crippen molar-refractivity contribution < 1.29 is 0 Å². The summed E-state index contributed by atoms with van der Waals surface area (Å²) in [6.45, 7) is 3.21. The third-order valence-electron chi connectivity index (χ3n) is 2.73. The van der Waals surface area contributed by atoms with Gasteiger partial charge in [-0.2, -0.15) is 0 Å². The summed E-state index contributed by atoms with van der Waals surface area (Å²) < 4.78 is 3.33. The molecule has 18 heavy (non-hydrogen) atoms. The monoisotopic (exact) mass is 284 g/mol. The van der Waals surface area contributed by atoms with Crippen LogP contribution in [0.1, 0.15) is 18.9 Å². The molecule has 96 valence electrons. The van der Waals surface area contributed by atoms with Crippen molar-refractivity contribution in [2.24, 2.45) is 0 Å². The van der Waals surface area contributed by atoms with Crippen molar-refractivity contribution in [3.8, 4) is 0 Å². The predicted octanol–water partition coefficient (Wildman–Crippen LogP) is 3.41. The molecular weight excluding hydrogens is 271 g/mol. The number of rotatable bonds is 4. The Labute approximate surface area is 116 Å². The molecule has 1 heterocycles. The molecule has 0 N–H and O–H groups in total. The zero-order valence-corrected chi connectivity index (χ0v) is 11.6. The van der Waals surface area contributed by atoms with Gasteiger partial charge in [0.15, 0.2) is 0 Å². The topological polar surface area (TPSA) is 26.9 Å². The van der Waals surface area contributed by atoms with Gasteiger partial charge in [-0.15, -0.1) is 0 Å². The third-order valence-corrected chi connectivity index (χ3v) is 3.33. The first-order valence-electron chi connectivity index (χ1n) is 5.81. The lowest BCUT2D eigenvalue weighted by Gasteiger charge is -2.05. The molecule has 0 aliphatic heterocycles. The Bertz CT molecular complexity index is 601. The van der Waals surface area contributed by atoms with E-state index in [-0.39, 0.29) is 5.69 Å². The molecule has 1 aromatic heterocycles. The van der Waals surface area contributed by atoms with E-state index >= 15 is 0 Å². The molecule has 0 bridgehead atoms. The Morgan fingerprint density at radius 2 is 1.89 bits per heavy atom. The molecule has 5 heteroatoms. The zero-order valence-electron chi connectivity index (χ0n) is 10.1. The van der Waals surface area contributed by atoms with Gasteiger partial charge in [0.25, 0.3) is 0 Å². The first kappa shape index (κ1) is 13.2. The van der Waals surface area contributed by atoms with E-state index in [0.29, 0.717) is 16.6 Å². The van der Waals surface area contributed by atoms with E-state index in [0.717, 1.165) is 18.5 Å². The van der Waals surface area contributed by atoms with Crippen LogP contribution in [0.5, 0.6) is 0 Å². The lowest BCUT2D eigenvalue weighted by atomic mass is 10.2. The number of aryl methyl sites for hydroxylation is 1. The molecule has 0 saturated carbocycles. The number of benzene rings is 1. The number of hydrogen-bond donors (Lipinski definition) is 0. The van der Waals surface area contributed by atoms with Crippen molar-refractivity contribution in [2.45, 2.75) is 26.4 Å². The largest absolute Gasteiger partial charge is 0.328 e. The zero-order chi connectivity index (χ0) is 13.1. The molecule has 0 atom stereocenters. The van der Waals surface area contributed by atoms with E-state index in [1.165, 1.54) is 0 Å². The SMILES string of the molecule is CCCn1ccn(Cc2cc(Cl)ccc2Cl)c1=O. The summed E-state index contributed by atoms with van der Waals surface area (Å²) in [5, 5.41) is 1.24. The summed E-state index contributed by atoms with van der Waals surface area (Å²) in [4.78, 5) is 12.0. The fourth-order valence-electron chi connectivity index (χ4n) is 1.83. The van der Waals surface area contributed by atoms with Gasteiger partial charge in [0.05, 0.1) is 6.54 Å². The van der Waals surface area contributed by atoms with E-state index in [1.807, 2.05) is 6.92 Å². The van der Waals surface area contributed by atoms with E-state index < -0.39 is 0 Å². The molecule has 2 rings (SSSR count). The maximum absolute atomic E-state index is 12.0. The minimum Gasteiger partial charge on any atom is -0.299 e. The molecule has 0 radical (unpaired) electrons. The Morgan fingerprint density at radius 1 is 1.17 bits per heavy atom. The fourth-order valence-corrected chi connectivity index (χ4v) is 2.20. The quantitative estimate of drug-likeness (QED) is 0.845. The van der Waals surface area contributed by atoms with Gasteiger partial charge in [-0.3, -0.25) is 9.13 Å². The van der Waals surface area contributed by atoms with Crippen LogP contribution in [0.3, 0.4) is 0 Å². The maximum atomic E-state index is 12.0. The lowest BCUT2D eigenvalue weighted by molar-refractivity contribution is 0.624. The third kappa shape index (κ3) is 2.79. The lowest BCUT2D eigenvalue weighted by Crippen LogP contribution is -2.24. The van der Waals surface area contributed by atoms with Crippen LogP contribution in [0.15, 0.2) is 35.4 Å². The first-order chi connectivity index (χ1) is 8.61. The normalized spacial score (nSPS) is 10.8. The van der Waals surface area contributed by atoms with Crippen LogP contribution in [0.4, 0.5) is 0 Å². The molecule has 3 nitrogen and oxygen atoms in total. The second-order valence-electron chi connectivity index (χ2n) is 4.14. The Balaban J connectivity index is 2.29. The second-order valence-corrected chi connectivity index (χ2v) is 4.98. The molecular formula is C13H14Cl2N2O. The number of halogens is 2. The highest BCUT2D eigenvalue weighted by molar-refractivity contribution is 6.33. The van der Waals surface area contributed by atoms with E-state index in [9.17, 15) is 4.79 Å². The summed E-state index contributed by atoms with van der Waals surface area (Å²) in [5.41, 5.74) is 0.827. The average molecular weight is 285 g/mol. The number of aromatic nitrogens is 2. The summed E-state index contributed by atoms with van der Waals surface area (Å²) in [6, 6.07) is 5.26. The van der Waals surface area contributed by atoms with Crippen LogP contribution in [0.2, 0.25) is 10.0 Å². The molecule has 0 spiro atoms.